The number of nitrogens with zero attached hydrogens (tertiary/aromatic N) is 4. The van der Waals surface area contributed by atoms with Gasteiger partial charge in [-0.15, -0.1) is 0 Å². The van der Waals surface area contributed by atoms with Gasteiger partial charge in [-0.2, -0.15) is 5.10 Å². The Morgan fingerprint density at radius 1 is 1.12 bits per heavy atom. The summed E-state index contributed by atoms with van der Waals surface area (Å²) in [6.07, 6.45) is 5.98. The van der Waals surface area contributed by atoms with Crippen LogP contribution in [-0.4, -0.2) is 52.3 Å². The Hall–Kier alpha value is -3.46. The fraction of sp³-hybridized carbons (Fsp3) is 0.348. The first-order chi connectivity index (χ1) is 15.6. The van der Waals surface area contributed by atoms with Gasteiger partial charge in [-0.1, -0.05) is 12.1 Å². The highest BCUT2D eigenvalue weighted by Gasteiger charge is 2.25. The van der Waals surface area contributed by atoms with Crippen molar-refractivity contribution in [2.24, 2.45) is 0 Å². The molecule has 0 spiro atoms. The SMILES string of the molecule is CN1CCc2cccc(Nc3cc(Nc4ccn(C5CCNCC5)n4)ncc3F)c2C1=O. The van der Waals surface area contributed by atoms with Gasteiger partial charge in [0.05, 0.1) is 29.2 Å². The molecule has 1 amide bonds. The van der Waals surface area contributed by atoms with Gasteiger partial charge in [0.1, 0.15) is 5.82 Å². The van der Waals surface area contributed by atoms with Crippen molar-refractivity contribution in [2.75, 3.05) is 37.3 Å². The minimum atomic E-state index is -0.495. The highest BCUT2D eigenvalue weighted by molar-refractivity contribution is 6.02. The number of benzene rings is 1. The first kappa shape index (κ1) is 20.4. The number of rotatable bonds is 5. The molecule has 2 aliphatic rings. The smallest absolute Gasteiger partial charge is 0.255 e. The molecule has 4 heterocycles. The molecule has 8 nitrogen and oxygen atoms in total. The van der Waals surface area contributed by atoms with Crippen molar-refractivity contribution in [3.8, 4) is 0 Å². The van der Waals surface area contributed by atoms with Gasteiger partial charge in [-0.3, -0.25) is 9.48 Å². The number of anilines is 4. The summed E-state index contributed by atoms with van der Waals surface area (Å²) in [7, 11) is 1.78. The number of halogens is 1. The van der Waals surface area contributed by atoms with E-state index >= 15 is 0 Å². The predicted octanol–water partition coefficient (Wildman–Crippen LogP) is 3.46. The average molecular weight is 436 g/mol. The first-order valence-corrected chi connectivity index (χ1v) is 10.9. The summed E-state index contributed by atoms with van der Waals surface area (Å²) in [6, 6.07) is 9.48. The van der Waals surface area contributed by atoms with E-state index in [4.69, 9.17) is 0 Å². The van der Waals surface area contributed by atoms with Crippen LogP contribution in [0.2, 0.25) is 0 Å². The molecule has 32 heavy (non-hydrogen) atoms. The maximum absolute atomic E-state index is 14.6. The van der Waals surface area contributed by atoms with Gasteiger partial charge >= 0.3 is 0 Å². The maximum Gasteiger partial charge on any atom is 0.255 e. The standard InChI is InChI=1S/C23H26FN7O/c1-30-11-7-15-3-2-4-18(22(15)23(30)32)27-19-13-21(26-14-17(19)24)28-20-8-12-31(29-20)16-5-9-25-10-6-16/h2-4,8,12-14,16,25H,5-7,9-11H2,1H3,(H2,26,27,28,29). The van der Waals surface area contributed by atoms with E-state index in [1.165, 1.54) is 0 Å². The summed E-state index contributed by atoms with van der Waals surface area (Å²) in [5, 5.41) is 14.2. The molecule has 0 atom stereocenters. The lowest BCUT2D eigenvalue weighted by Crippen LogP contribution is -2.34. The normalized spacial score (nSPS) is 16.7. The number of nitrogens with one attached hydrogen (secondary N) is 3. The van der Waals surface area contributed by atoms with Crippen LogP contribution in [0.3, 0.4) is 0 Å². The molecule has 0 bridgehead atoms. The van der Waals surface area contributed by atoms with Crippen LogP contribution < -0.4 is 16.0 Å². The van der Waals surface area contributed by atoms with Gasteiger partial charge in [0.25, 0.3) is 5.91 Å². The Morgan fingerprint density at radius 3 is 2.81 bits per heavy atom. The largest absolute Gasteiger partial charge is 0.352 e. The Morgan fingerprint density at radius 2 is 1.97 bits per heavy atom. The molecule has 0 radical (unpaired) electrons. The number of amides is 1. The van der Waals surface area contributed by atoms with Gasteiger partial charge in [-0.05, 0) is 44.0 Å². The molecule has 1 saturated heterocycles. The number of carbonyl (C=O) groups is 1. The molecule has 2 aliphatic heterocycles. The highest BCUT2D eigenvalue weighted by atomic mass is 19.1. The van der Waals surface area contributed by atoms with Crippen LogP contribution in [-0.2, 0) is 6.42 Å². The number of fused-ring (bicyclic) bond motifs is 1. The van der Waals surface area contributed by atoms with Crippen molar-refractivity contribution in [3.05, 3.63) is 59.7 Å². The third kappa shape index (κ3) is 4.03. The van der Waals surface area contributed by atoms with Crippen LogP contribution in [0.1, 0.15) is 34.8 Å². The van der Waals surface area contributed by atoms with Gasteiger partial charge in [0.2, 0.25) is 0 Å². The second kappa shape index (κ2) is 8.58. The van der Waals surface area contributed by atoms with Gasteiger partial charge in [-0.25, -0.2) is 9.37 Å². The van der Waals surface area contributed by atoms with E-state index in [9.17, 15) is 9.18 Å². The van der Waals surface area contributed by atoms with Crippen LogP contribution in [0.4, 0.5) is 27.4 Å². The van der Waals surface area contributed by atoms with Crippen LogP contribution in [0.15, 0.2) is 42.7 Å². The van der Waals surface area contributed by atoms with Crippen molar-refractivity contribution < 1.29 is 9.18 Å². The van der Waals surface area contributed by atoms with Crippen LogP contribution in [0, 0.1) is 5.82 Å². The molecule has 0 aliphatic carbocycles. The zero-order chi connectivity index (χ0) is 22.1. The summed E-state index contributed by atoms with van der Waals surface area (Å²) in [4.78, 5) is 18.5. The van der Waals surface area contributed by atoms with E-state index < -0.39 is 5.82 Å². The second-order valence-electron chi connectivity index (χ2n) is 8.28. The van der Waals surface area contributed by atoms with Crippen molar-refractivity contribution in [1.82, 2.24) is 25.0 Å². The van der Waals surface area contributed by atoms with Crippen molar-refractivity contribution >= 4 is 28.9 Å². The minimum absolute atomic E-state index is 0.0642. The number of aromatic nitrogens is 3. The monoisotopic (exact) mass is 435 g/mol. The molecule has 2 aromatic heterocycles. The maximum atomic E-state index is 14.6. The molecule has 3 aromatic rings. The van der Waals surface area contributed by atoms with Gasteiger partial charge < -0.3 is 20.9 Å². The number of piperidine rings is 1. The van der Waals surface area contributed by atoms with Crippen molar-refractivity contribution in [1.29, 1.82) is 0 Å². The zero-order valence-electron chi connectivity index (χ0n) is 17.9. The molecule has 0 unspecified atom stereocenters. The van der Waals surface area contributed by atoms with Crippen LogP contribution in [0.25, 0.3) is 0 Å². The molecule has 9 heteroatoms. The lowest BCUT2D eigenvalue weighted by Gasteiger charge is -2.27. The third-order valence-electron chi connectivity index (χ3n) is 6.10. The lowest BCUT2D eigenvalue weighted by molar-refractivity contribution is 0.0782. The Balaban J connectivity index is 1.37. The summed E-state index contributed by atoms with van der Waals surface area (Å²) in [5.41, 5.74) is 2.39. The topological polar surface area (TPSA) is 87.1 Å². The number of hydrogen-bond donors (Lipinski definition) is 3. The van der Waals surface area contributed by atoms with Crippen molar-refractivity contribution in [2.45, 2.75) is 25.3 Å². The van der Waals surface area contributed by atoms with E-state index in [2.05, 4.69) is 26.0 Å². The van der Waals surface area contributed by atoms with E-state index in [0.717, 1.165) is 44.1 Å². The minimum Gasteiger partial charge on any atom is -0.352 e. The van der Waals surface area contributed by atoms with Crippen LogP contribution in [0.5, 0.6) is 0 Å². The van der Waals surface area contributed by atoms with Crippen LogP contribution >= 0.6 is 0 Å². The summed E-state index contributed by atoms with van der Waals surface area (Å²) >= 11 is 0. The molecular weight excluding hydrogens is 409 g/mol. The average Bonchev–Trinajstić information content (AvgIpc) is 3.28. The van der Waals surface area contributed by atoms with E-state index in [-0.39, 0.29) is 11.6 Å². The fourth-order valence-corrected chi connectivity index (χ4v) is 4.30. The Kier molecular flexibility index (Phi) is 5.48. The van der Waals surface area contributed by atoms with E-state index in [1.54, 1.807) is 24.1 Å². The summed E-state index contributed by atoms with van der Waals surface area (Å²) < 4.78 is 16.5. The fourth-order valence-electron chi connectivity index (χ4n) is 4.30. The Labute approximate surface area is 185 Å². The number of likely N-dealkylation sites (N-methyl/N-ethyl adjacent to an activating group) is 1. The predicted molar refractivity (Wildman–Crippen MR) is 121 cm³/mol. The molecule has 1 fully saturated rings. The number of carbonyl (C=O) groups excluding carboxylic acids is 1. The molecule has 166 valence electrons. The summed E-state index contributed by atoms with van der Waals surface area (Å²) in [6.45, 7) is 2.66. The molecule has 5 rings (SSSR count). The molecule has 3 N–H and O–H groups in total. The first-order valence-electron chi connectivity index (χ1n) is 10.9. The quantitative estimate of drug-likeness (QED) is 0.569. The van der Waals surface area contributed by atoms with E-state index in [1.807, 2.05) is 29.1 Å². The summed E-state index contributed by atoms with van der Waals surface area (Å²) in [5.74, 6) is 0.566. The zero-order valence-corrected chi connectivity index (χ0v) is 17.9. The Bertz CT molecular complexity index is 1140. The van der Waals surface area contributed by atoms with Crippen molar-refractivity contribution in [3.63, 3.8) is 0 Å². The third-order valence-corrected chi connectivity index (χ3v) is 6.10. The number of hydrogen-bond acceptors (Lipinski definition) is 6. The molecule has 0 saturated carbocycles. The second-order valence-corrected chi connectivity index (χ2v) is 8.28. The highest BCUT2D eigenvalue weighted by Crippen LogP contribution is 2.30. The van der Waals surface area contributed by atoms with Gasteiger partial charge in [0.15, 0.2) is 11.6 Å². The lowest BCUT2D eigenvalue weighted by atomic mass is 9.97. The van der Waals surface area contributed by atoms with E-state index in [0.29, 0.717) is 35.5 Å². The number of pyridine rings is 1. The van der Waals surface area contributed by atoms with Gasteiger partial charge in [0, 0.05) is 31.9 Å². The molecular formula is C23H26FN7O. The molecule has 1 aromatic carbocycles.